The smallest absolute Gasteiger partial charge is 0.257 e. The normalized spacial score (nSPS) is 14.0. The van der Waals surface area contributed by atoms with Gasteiger partial charge in [-0.1, -0.05) is 12.1 Å². The Kier molecular flexibility index (Phi) is 2.87. The lowest BCUT2D eigenvalue weighted by Gasteiger charge is -2.29. The summed E-state index contributed by atoms with van der Waals surface area (Å²) in [6.07, 6.45) is 5.33. The Balaban J connectivity index is 1.86. The van der Waals surface area contributed by atoms with Gasteiger partial charge in [-0.25, -0.2) is 9.97 Å². The van der Waals surface area contributed by atoms with Crippen molar-refractivity contribution in [3.63, 3.8) is 0 Å². The van der Waals surface area contributed by atoms with Crippen LogP contribution in [0.1, 0.15) is 21.5 Å². The largest absolute Gasteiger partial charge is 0.398 e. The molecule has 19 heavy (non-hydrogen) atoms. The molecule has 0 atom stereocenters. The molecule has 0 spiro atoms. The van der Waals surface area contributed by atoms with Gasteiger partial charge in [0, 0.05) is 31.2 Å². The second-order valence-electron chi connectivity index (χ2n) is 4.59. The van der Waals surface area contributed by atoms with Crippen LogP contribution >= 0.6 is 0 Å². The van der Waals surface area contributed by atoms with E-state index in [1.165, 1.54) is 11.9 Å². The van der Waals surface area contributed by atoms with E-state index in [9.17, 15) is 4.79 Å². The average molecular weight is 254 g/mol. The van der Waals surface area contributed by atoms with Crippen LogP contribution in [0.15, 0.2) is 36.9 Å². The van der Waals surface area contributed by atoms with Crippen LogP contribution < -0.4 is 5.73 Å². The number of nitrogen functional groups attached to an aromatic ring is 1. The zero-order valence-corrected chi connectivity index (χ0v) is 10.4. The Morgan fingerprint density at radius 1 is 1.26 bits per heavy atom. The van der Waals surface area contributed by atoms with Gasteiger partial charge in [0.15, 0.2) is 0 Å². The number of carbonyl (C=O) groups is 1. The molecule has 5 nitrogen and oxygen atoms in total. The molecule has 0 aliphatic carbocycles. The number of carbonyl (C=O) groups excluding carboxylic acids is 1. The van der Waals surface area contributed by atoms with Crippen LogP contribution in [0, 0.1) is 0 Å². The van der Waals surface area contributed by atoms with Gasteiger partial charge < -0.3 is 10.6 Å². The number of hydrogen-bond donors (Lipinski definition) is 1. The monoisotopic (exact) mass is 254 g/mol. The van der Waals surface area contributed by atoms with Gasteiger partial charge in [0.2, 0.25) is 0 Å². The molecule has 2 heterocycles. The second kappa shape index (κ2) is 4.68. The van der Waals surface area contributed by atoms with E-state index in [-0.39, 0.29) is 5.91 Å². The highest BCUT2D eigenvalue weighted by Crippen LogP contribution is 2.24. The summed E-state index contributed by atoms with van der Waals surface area (Å²) in [5.74, 6) is -0.0468. The van der Waals surface area contributed by atoms with Crippen molar-refractivity contribution in [3.05, 3.63) is 53.6 Å². The summed E-state index contributed by atoms with van der Waals surface area (Å²) >= 11 is 0. The van der Waals surface area contributed by atoms with Gasteiger partial charge in [-0.15, -0.1) is 0 Å². The van der Waals surface area contributed by atoms with Crippen molar-refractivity contribution in [2.75, 3.05) is 12.3 Å². The average Bonchev–Trinajstić information content (AvgIpc) is 2.47. The SMILES string of the molecule is Nc1cccc2c1CN(C(=O)c1cncnc1)CC2. The number of anilines is 1. The molecule has 0 fully saturated rings. The summed E-state index contributed by atoms with van der Waals surface area (Å²) < 4.78 is 0. The maximum Gasteiger partial charge on any atom is 0.257 e. The van der Waals surface area contributed by atoms with Gasteiger partial charge in [-0.05, 0) is 23.6 Å². The van der Waals surface area contributed by atoms with Crippen LogP contribution in [0.5, 0.6) is 0 Å². The fourth-order valence-electron chi connectivity index (χ4n) is 2.37. The Labute approximate surface area is 111 Å². The lowest BCUT2D eigenvalue weighted by atomic mass is 9.98. The first-order chi connectivity index (χ1) is 9.25. The zero-order chi connectivity index (χ0) is 13.2. The van der Waals surface area contributed by atoms with Crippen LogP contribution in [0.25, 0.3) is 0 Å². The highest BCUT2D eigenvalue weighted by Gasteiger charge is 2.23. The van der Waals surface area contributed by atoms with Gasteiger partial charge in [0.1, 0.15) is 6.33 Å². The Morgan fingerprint density at radius 3 is 2.84 bits per heavy atom. The molecule has 5 heteroatoms. The number of fused-ring (bicyclic) bond motifs is 1. The van der Waals surface area contributed by atoms with Crippen LogP contribution in [0.3, 0.4) is 0 Å². The molecule has 96 valence electrons. The van der Waals surface area contributed by atoms with E-state index >= 15 is 0 Å². The van der Waals surface area contributed by atoms with Crippen molar-refractivity contribution in [3.8, 4) is 0 Å². The lowest BCUT2D eigenvalue weighted by molar-refractivity contribution is 0.0734. The van der Waals surface area contributed by atoms with E-state index in [1.54, 1.807) is 17.3 Å². The molecule has 0 radical (unpaired) electrons. The van der Waals surface area contributed by atoms with Crippen molar-refractivity contribution < 1.29 is 4.79 Å². The number of benzene rings is 1. The number of nitrogens with zero attached hydrogens (tertiary/aromatic N) is 3. The first-order valence-corrected chi connectivity index (χ1v) is 6.16. The van der Waals surface area contributed by atoms with Crippen molar-refractivity contribution in [1.82, 2.24) is 14.9 Å². The van der Waals surface area contributed by atoms with Crippen molar-refractivity contribution >= 4 is 11.6 Å². The lowest BCUT2D eigenvalue weighted by Crippen LogP contribution is -2.36. The van der Waals surface area contributed by atoms with Gasteiger partial charge in [-0.2, -0.15) is 0 Å². The van der Waals surface area contributed by atoms with Gasteiger partial charge in [-0.3, -0.25) is 4.79 Å². The first-order valence-electron chi connectivity index (χ1n) is 6.16. The van der Waals surface area contributed by atoms with Gasteiger partial charge >= 0.3 is 0 Å². The van der Waals surface area contributed by atoms with E-state index in [0.29, 0.717) is 18.7 Å². The molecule has 0 saturated carbocycles. The Morgan fingerprint density at radius 2 is 2.05 bits per heavy atom. The fraction of sp³-hybridized carbons (Fsp3) is 0.214. The van der Waals surface area contributed by atoms with Crippen LogP contribution in [0.4, 0.5) is 5.69 Å². The first kappa shape index (κ1) is 11.6. The fourth-order valence-corrected chi connectivity index (χ4v) is 2.37. The summed E-state index contributed by atoms with van der Waals surface area (Å²) in [5.41, 5.74) is 9.53. The molecule has 0 unspecified atom stereocenters. The van der Waals surface area contributed by atoms with Crippen molar-refractivity contribution in [2.45, 2.75) is 13.0 Å². The summed E-state index contributed by atoms with van der Waals surface area (Å²) in [4.78, 5) is 21.9. The predicted molar refractivity (Wildman–Crippen MR) is 71.3 cm³/mol. The minimum Gasteiger partial charge on any atom is -0.398 e. The second-order valence-corrected chi connectivity index (χ2v) is 4.59. The molecular formula is C14H14N4O. The molecule has 1 aliphatic heterocycles. The minimum atomic E-state index is -0.0468. The van der Waals surface area contributed by atoms with Crippen molar-refractivity contribution in [1.29, 1.82) is 0 Å². The highest BCUT2D eigenvalue weighted by atomic mass is 16.2. The standard InChI is InChI=1S/C14H14N4O/c15-13-3-1-2-10-4-5-18(8-12(10)13)14(19)11-6-16-9-17-7-11/h1-3,6-7,9H,4-5,8,15H2. The number of rotatable bonds is 1. The maximum atomic E-state index is 12.3. The maximum absolute atomic E-state index is 12.3. The van der Waals surface area contributed by atoms with E-state index in [0.717, 1.165) is 17.7 Å². The molecule has 2 N–H and O–H groups in total. The van der Waals surface area contributed by atoms with E-state index < -0.39 is 0 Å². The summed E-state index contributed by atoms with van der Waals surface area (Å²) in [5, 5.41) is 0. The summed E-state index contributed by atoms with van der Waals surface area (Å²) in [6, 6.07) is 5.90. The molecule has 1 aliphatic rings. The Bertz CT molecular complexity index is 612. The number of amides is 1. The number of nitrogens with two attached hydrogens (primary N) is 1. The summed E-state index contributed by atoms with van der Waals surface area (Å²) in [7, 11) is 0. The number of aromatic nitrogens is 2. The minimum absolute atomic E-state index is 0.0468. The third kappa shape index (κ3) is 2.14. The van der Waals surface area contributed by atoms with Gasteiger partial charge in [0.25, 0.3) is 5.91 Å². The highest BCUT2D eigenvalue weighted by molar-refractivity contribution is 5.93. The summed E-state index contributed by atoms with van der Waals surface area (Å²) in [6.45, 7) is 1.25. The van der Waals surface area contributed by atoms with Crippen LogP contribution in [0.2, 0.25) is 0 Å². The molecule has 1 aromatic heterocycles. The van der Waals surface area contributed by atoms with Crippen molar-refractivity contribution in [2.24, 2.45) is 0 Å². The topological polar surface area (TPSA) is 72.1 Å². The molecule has 2 aromatic rings. The van der Waals surface area contributed by atoms with E-state index in [1.807, 2.05) is 12.1 Å². The molecule has 0 bridgehead atoms. The quantitative estimate of drug-likeness (QED) is 0.777. The predicted octanol–water partition coefficient (Wildman–Crippen LogP) is 1.26. The molecule has 0 saturated heterocycles. The Hall–Kier alpha value is -2.43. The molecular weight excluding hydrogens is 240 g/mol. The van der Waals surface area contributed by atoms with Crippen LogP contribution in [-0.4, -0.2) is 27.3 Å². The van der Waals surface area contributed by atoms with Crippen LogP contribution in [-0.2, 0) is 13.0 Å². The van der Waals surface area contributed by atoms with E-state index in [2.05, 4.69) is 16.0 Å². The third-order valence-corrected chi connectivity index (χ3v) is 3.40. The van der Waals surface area contributed by atoms with Gasteiger partial charge in [0.05, 0.1) is 5.56 Å². The zero-order valence-electron chi connectivity index (χ0n) is 10.4. The third-order valence-electron chi connectivity index (χ3n) is 3.40. The molecule has 1 aromatic carbocycles. The van der Waals surface area contributed by atoms with E-state index in [4.69, 9.17) is 5.73 Å². The molecule has 3 rings (SSSR count). The number of hydrogen-bond acceptors (Lipinski definition) is 4. The molecule has 1 amide bonds.